The first-order valence-corrected chi connectivity index (χ1v) is 6.61. The van der Waals surface area contributed by atoms with Crippen molar-refractivity contribution in [1.29, 1.82) is 0 Å². The van der Waals surface area contributed by atoms with E-state index < -0.39 is 23.6 Å². The van der Waals surface area contributed by atoms with Crippen LogP contribution < -0.4 is 0 Å². The van der Waals surface area contributed by atoms with E-state index in [1.54, 1.807) is 19.1 Å². The number of alkyl halides is 3. The van der Waals surface area contributed by atoms with E-state index in [-0.39, 0.29) is 0 Å². The molecule has 1 aromatic heterocycles. The summed E-state index contributed by atoms with van der Waals surface area (Å²) in [6, 6.07) is 8.14. The van der Waals surface area contributed by atoms with Crippen molar-refractivity contribution in [3.63, 3.8) is 0 Å². The zero-order chi connectivity index (χ0) is 16.3. The van der Waals surface area contributed by atoms with Crippen LogP contribution in [0.3, 0.4) is 0 Å². The van der Waals surface area contributed by atoms with Crippen molar-refractivity contribution >= 4 is 5.97 Å². The van der Waals surface area contributed by atoms with Gasteiger partial charge >= 0.3 is 12.1 Å². The molecular weight excluding hydrogens is 295 g/mol. The number of benzene rings is 1. The van der Waals surface area contributed by atoms with Gasteiger partial charge in [0.15, 0.2) is 0 Å². The largest absolute Gasteiger partial charge is 0.481 e. The number of carbonyl (C=O) groups is 1. The quantitative estimate of drug-likeness (QED) is 0.932. The summed E-state index contributed by atoms with van der Waals surface area (Å²) in [6.07, 6.45) is -2.50. The molecule has 1 N–H and O–H groups in total. The Balaban J connectivity index is 2.17. The van der Waals surface area contributed by atoms with Crippen LogP contribution in [0.2, 0.25) is 0 Å². The molecule has 22 heavy (non-hydrogen) atoms. The standard InChI is InChI=1S/C16H14F3NO2/c1-10(15(21)22)12-6-7-20-14(9-12)8-11-2-4-13(5-3-11)16(17,18)19/h2-7,9-10H,8H2,1H3,(H,21,22). The lowest BCUT2D eigenvalue weighted by atomic mass is 10.00. The lowest BCUT2D eigenvalue weighted by molar-refractivity contribution is -0.138. The molecule has 0 aliphatic heterocycles. The molecule has 0 aliphatic carbocycles. The van der Waals surface area contributed by atoms with Crippen molar-refractivity contribution in [3.05, 3.63) is 65.0 Å². The summed E-state index contributed by atoms with van der Waals surface area (Å²) in [7, 11) is 0. The van der Waals surface area contributed by atoms with Crippen molar-refractivity contribution in [3.8, 4) is 0 Å². The number of hydrogen-bond donors (Lipinski definition) is 1. The molecule has 1 aromatic carbocycles. The molecular formula is C16H14F3NO2. The molecule has 0 amide bonds. The predicted octanol–water partition coefficient (Wildman–Crippen LogP) is 3.88. The maximum absolute atomic E-state index is 12.5. The summed E-state index contributed by atoms with van der Waals surface area (Å²) in [5.41, 5.74) is 1.22. The lowest BCUT2D eigenvalue weighted by Crippen LogP contribution is -2.08. The molecule has 0 bridgehead atoms. The summed E-state index contributed by atoms with van der Waals surface area (Å²) in [5, 5.41) is 9.00. The summed E-state index contributed by atoms with van der Waals surface area (Å²) < 4.78 is 37.5. The Morgan fingerprint density at radius 3 is 2.41 bits per heavy atom. The number of carboxylic acid groups (broad SMARTS) is 1. The lowest BCUT2D eigenvalue weighted by Gasteiger charge is -2.09. The SMILES string of the molecule is CC(C(=O)O)c1ccnc(Cc2ccc(C(F)(F)F)cc2)c1. The highest BCUT2D eigenvalue weighted by Gasteiger charge is 2.29. The molecule has 0 spiro atoms. The number of halogens is 3. The van der Waals surface area contributed by atoms with E-state index in [1.165, 1.54) is 18.3 Å². The van der Waals surface area contributed by atoms with E-state index in [0.717, 1.165) is 12.1 Å². The maximum atomic E-state index is 12.5. The van der Waals surface area contributed by atoms with Gasteiger partial charge in [0.25, 0.3) is 0 Å². The van der Waals surface area contributed by atoms with Gasteiger partial charge in [-0.2, -0.15) is 13.2 Å². The maximum Gasteiger partial charge on any atom is 0.416 e. The minimum Gasteiger partial charge on any atom is -0.481 e. The van der Waals surface area contributed by atoms with Gasteiger partial charge in [0, 0.05) is 18.3 Å². The second-order valence-electron chi connectivity index (χ2n) is 5.01. The minimum absolute atomic E-state index is 0.346. The van der Waals surface area contributed by atoms with E-state index in [1.807, 2.05) is 0 Å². The predicted molar refractivity (Wildman–Crippen MR) is 74.5 cm³/mol. The van der Waals surface area contributed by atoms with Crippen LogP contribution in [0.5, 0.6) is 0 Å². The second-order valence-corrected chi connectivity index (χ2v) is 5.01. The average molecular weight is 309 g/mol. The zero-order valence-electron chi connectivity index (χ0n) is 11.8. The fourth-order valence-corrected chi connectivity index (χ4v) is 2.03. The highest BCUT2D eigenvalue weighted by Crippen LogP contribution is 2.29. The Morgan fingerprint density at radius 2 is 1.86 bits per heavy atom. The van der Waals surface area contributed by atoms with Crippen LogP contribution in [0.15, 0.2) is 42.6 Å². The number of aliphatic carboxylic acids is 1. The molecule has 0 radical (unpaired) electrons. The smallest absolute Gasteiger partial charge is 0.416 e. The Labute approximate surface area is 125 Å². The van der Waals surface area contributed by atoms with Crippen molar-refractivity contribution in [2.45, 2.75) is 25.4 Å². The van der Waals surface area contributed by atoms with Gasteiger partial charge in [0.2, 0.25) is 0 Å². The van der Waals surface area contributed by atoms with Crippen LogP contribution in [-0.4, -0.2) is 16.1 Å². The Bertz CT molecular complexity index is 666. The number of rotatable bonds is 4. The molecule has 0 fully saturated rings. The van der Waals surface area contributed by atoms with Gasteiger partial charge in [-0.05, 0) is 42.3 Å². The highest BCUT2D eigenvalue weighted by molar-refractivity contribution is 5.75. The third-order valence-corrected chi connectivity index (χ3v) is 3.38. The minimum atomic E-state index is -4.35. The molecule has 2 aromatic rings. The van der Waals surface area contributed by atoms with Crippen LogP contribution in [0.1, 0.15) is 35.2 Å². The molecule has 1 unspecified atom stereocenters. The Morgan fingerprint density at radius 1 is 1.23 bits per heavy atom. The number of hydrogen-bond acceptors (Lipinski definition) is 2. The van der Waals surface area contributed by atoms with Gasteiger partial charge in [-0.1, -0.05) is 12.1 Å². The molecule has 1 heterocycles. The topological polar surface area (TPSA) is 50.2 Å². The van der Waals surface area contributed by atoms with Crippen LogP contribution in [0.25, 0.3) is 0 Å². The Hall–Kier alpha value is -2.37. The van der Waals surface area contributed by atoms with Crippen LogP contribution in [-0.2, 0) is 17.4 Å². The first kappa shape index (κ1) is 16.0. The van der Waals surface area contributed by atoms with Crippen LogP contribution in [0.4, 0.5) is 13.2 Å². The number of pyridine rings is 1. The first-order valence-electron chi connectivity index (χ1n) is 6.61. The molecule has 0 saturated heterocycles. The first-order chi connectivity index (χ1) is 10.3. The van der Waals surface area contributed by atoms with Crippen molar-refractivity contribution in [2.24, 2.45) is 0 Å². The number of carboxylic acids is 1. The molecule has 2 rings (SSSR count). The Kier molecular flexibility index (Phi) is 4.49. The molecule has 0 aliphatic rings. The van der Waals surface area contributed by atoms with Gasteiger partial charge < -0.3 is 5.11 Å². The zero-order valence-corrected chi connectivity index (χ0v) is 11.8. The van der Waals surface area contributed by atoms with E-state index in [0.29, 0.717) is 23.2 Å². The molecule has 6 heteroatoms. The van der Waals surface area contributed by atoms with Crippen molar-refractivity contribution in [1.82, 2.24) is 4.98 Å². The second kappa shape index (κ2) is 6.17. The summed E-state index contributed by atoms with van der Waals surface area (Å²) in [5.74, 6) is -1.60. The monoisotopic (exact) mass is 309 g/mol. The van der Waals surface area contributed by atoms with Gasteiger partial charge in [-0.25, -0.2) is 0 Å². The normalized spacial score (nSPS) is 12.9. The van der Waals surface area contributed by atoms with Gasteiger partial charge in [0.05, 0.1) is 11.5 Å². The van der Waals surface area contributed by atoms with Crippen LogP contribution in [0, 0.1) is 0 Å². The summed E-state index contributed by atoms with van der Waals surface area (Å²) >= 11 is 0. The van der Waals surface area contributed by atoms with Crippen molar-refractivity contribution in [2.75, 3.05) is 0 Å². The average Bonchev–Trinajstić information content (AvgIpc) is 2.46. The molecule has 0 saturated carbocycles. The molecule has 1 atom stereocenters. The molecule has 116 valence electrons. The van der Waals surface area contributed by atoms with E-state index >= 15 is 0 Å². The van der Waals surface area contributed by atoms with E-state index in [4.69, 9.17) is 5.11 Å². The van der Waals surface area contributed by atoms with Gasteiger partial charge in [-0.3, -0.25) is 9.78 Å². The number of nitrogens with zero attached hydrogens (tertiary/aromatic N) is 1. The number of aromatic nitrogens is 1. The van der Waals surface area contributed by atoms with Gasteiger partial charge in [-0.15, -0.1) is 0 Å². The third kappa shape index (κ3) is 3.84. The summed E-state index contributed by atoms with van der Waals surface area (Å²) in [4.78, 5) is 15.1. The van der Waals surface area contributed by atoms with E-state index in [2.05, 4.69) is 4.98 Å². The highest BCUT2D eigenvalue weighted by atomic mass is 19.4. The van der Waals surface area contributed by atoms with Crippen molar-refractivity contribution < 1.29 is 23.1 Å². The fraction of sp³-hybridized carbons (Fsp3) is 0.250. The van der Waals surface area contributed by atoms with E-state index in [9.17, 15) is 18.0 Å². The fourth-order valence-electron chi connectivity index (χ4n) is 2.03. The molecule has 3 nitrogen and oxygen atoms in total. The third-order valence-electron chi connectivity index (χ3n) is 3.38. The summed E-state index contributed by atoms with van der Waals surface area (Å²) in [6.45, 7) is 1.57. The van der Waals surface area contributed by atoms with Crippen LogP contribution >= 0.6 is 0 Å². The van der Waals surface area contributed by atoms with Gasteiger partial charge in [0.1, 0.15) is 0 Å².